The molecule has 0 aliphatic carbocycles. The van der Waals surface area contributed by atoms with Crippen LogP contribution in [0.2, 0.25) is 5.02 Å². The third-order valence-electron chi connectivity index (χ3n) is 2.08. The molecule has 12 heavy (non-hydrogen) atoms. The first kappa shape index (κ1) is 7.69. The smallest absolute Gasteiger partial charge is 0.127 e. The predicted molar refractivity (Wildman–Crippen MR) is 50.6 cm³/mol. The molecule has 2 heteroatoms. The Labute approximate surface area is 76.6 Å². The van der Waals surface area contributed by atoms with Crippen LogP contribution in [0, 0.1) is 0 Å². The highest BCUT2D eigenvalue weighted by Gasteiger charge is 2.22. The number of benzene rings is 1. The lowest BCUT2D eigenvalue weighted by Gasteiger charge is -2.01. The highest BCUT2D eigenvalue weighted by atomic mass is 35.5. The third kappa shape index (κ3) is 1.01. The van der Waals surface area contributed by atoms with Crippen molar-refractivity contribution < 1.29 is 4.74 Å². The first-order valence-corrected chi connectivity index (χ1v) is 4.21. The maximum absolute atomic E-state index is 5.84. The summed E-state index contributed by atoms with van der Waals surface area (Å²) in [4.78, 5) is 0. The molecular formula is C10H9ClO. The molecule has 1 aliphatic heterocycles. The van der Waals surface area contributed by atoms with Gasteiger partial charge in [0, 0.05) is 10.6 Å². The summed E-state index contributed by atoms with van der Waals surface area (Å²) >= 11 is 5.84. The van der Waals surface area contributed by atoms with Crippen LogP contribution in [0.15, 0.2) is 24.8 Å². The van der Waals surface area contributed by atoms with Crippen molar-refractivity contribution in [2.75, 3.05) is 0 Å². The van der Waals surface area contributed by atoms with Crippen LogP contribution in [0.1, 0.15) is 12.5 Å². The number of ether oxygens (including phenoxy) is 1. The molecule has 0 saturated carbocycles. The minimum absolute atomic E-state index is 0.0819. The average Bonchev–Trinajstić information content (AvgIpc) is 2.31. The summed E-state index contributed by atoms with van der Waals surface area (Å²) in [7, 11) is 0. The van der Waals surface area contributed by atoms with Crippen molar-refractivity contribution in [1.29, 1.82) is 0 Å². The predicted octanol–water partition coefficient (Wildman–Crippen LogP) is 3.13. The molecule has 1 heterocycles. The van der Waals surface area contributed by atoms with Gasteiger partial charge in [0.05, 0.1) is 0 Å². The van der Waals surface area contributed by atoms with Gasteiger partial charge in [0.25, 0.3) is 0 Å². The van der Waals surface area contributed by atoms with E-state index in [-0.39, 0.29) is 6.10 Å². The second kappa shape index (κ2) is 2.53. The van der Waals surface area contributed by atoms with E-state index in [1.807, 2.05) is 25.1 Å². The molecule has 0 bridgehead atoms. The largest absolute Gasteiger partial charge is 0.485 e. The summed E-state index contributed by atoms with van der Waals surface area (Å²) in [6.45, 7) is 5.92. The molecule has 2 rings (SSSR count). The van der Waals surface area contributed by atoms with Gasteiger partial charge in [0.15, 0.2) is 0 Å². The van der Waals surface area contributed by atoms with Gasteiger partial charge in [0.2, 0.25) is 0 Å². The van der Waals surface area contributed by atoms with E-state index in [2.05, 4.69) is 6.58 Å². The number of fused-ring (bicyclic) bond motifs is 1. The number of hydrogen-bond acceptors (Lipinski definition) is 1. The second-order valence-corrected chi connectivity index (χ2v) is 3.36. The van der Waals surface area contributed by atoms with Gasteiger partial charge in [-0.2, -0.15) is 0 Å². The van der Waals surface area contributed by atoms with E-state index in [1.54, 1.807) is 0 Å². The van der Waals surface area contributed by atoms with Crippen LogP contribution in [0.4, 0.5) is 0 Å². The Morgan fingerprint density at radius 1 is 1.50 bits per heavy atom. The SMILES string of the molecule is C=C1c2cc(Cl)ccc2OC1C. The molecule has 62 valence electrons. The van der Waals surface area contributed by atoms with Crippen LogP contribution in [-0.4, -0.2) is 6.10 Å². The van der Waals surface area contributed by atoms with Crippen molar-refractivity contribution in [3.8, 4) is 5.75 Å². The van der Waals surface area contributed by atoms with Crippen LogP contribution in [0.5, 0.6) is 5.75 Å². The molecule has 0 spiro atoms. The molecular weight excluding hydrogens is 172 g/mol. The molecule has 0 fully saturated rings. The zero-order valence-electron chi connectivity index (χ0n) is 6.80. The highest BCUT2D eigenvalue weighted by Crippen LogP contribution is 2.37. The van der Waals surface area contributed by atoms with Crippen molar-refractivity contribution in [2.24, 2.45) is 0 Å². The summed E-state index contributed by atoms with van der Waals surface area (Å²) in [5, 5.41) is 0.729. The average molecular weight is 181 g/mol. The van der Waals surface area contributed by atoms with Crippen molar-refractivity contribution in [3.05, 3.63) is 35.4 Å². The van der Waals surface area contributed by atoms with E-state index in [1.165, 1.54) is 0 Å². The molecule has 1 nitrogen and oxygen atoms in total. The Bertz CT molecular complexity index is 344. The van der Waals surface area contributed by atoms with Gasteiger partial charge in [-0.3, -0.25) is 0 Å². The molecule has 0 amide bonds. The Morgan fingerprint density at radius 2 is 2.25 bits per heavy atom. The van der Waals surface area contributed by atoms with Gasteiger partial charge in [0.1, 0.15) is 11.9 Å². The first-order valence-electron chi connectivity index (χ1n) is 3.84. The van der Waals surface area contributed by atoms with Crippen molar-refractivity contribution in [2.45, 2.75) is 13.0 Å². The third-order valence-corrected chi connectivity index (χ3v) is 2.32. The van der Waals surface area contributed by atoms with E-state index < -0.39 is 0 Å². The Kier molecular flexibility index (Phi) is 1.62. The van der Waals surface area contributed by atoms with Gasteiger partial charge in [-0.15, -0.1) is 0 Å². The number of hydrogen-bond donors (Lipinski definition) is 0. The minimum Gasteiger partial charge on any atom is -0.485 e. The second-order valence-electron chi connectivity index (χ2n) is 2.93. The minimum atomic E-state index is 0.0819. The van der Waals surface area contributed by atoms with Crippen LogP contribution < -0.4 is 4.74 Å². The van der Waals surface area contributed by atoms with Crippen molar-refractivity contribution in [1.82, 2.24) is 0 Å². The standard InChI is InChI=1S/C10H9ClO/c1-6-7(2)12-10-4-3-8(11)5-9(6)10/h3-5,7H,1H2,2H3. The maximum Gasteiger partial charge on any atom is 0.127 e. The van der Waals surface area contributed by atoms with Gasteiger partial charge in [-0.05, 0) is 30.7 Å². The molecule has 0 N–H and O–H groups in total. The summed E-state index contributed by atoms with van der Waals surface area (Å²) in [6, 6.07) is 5.60. The lowest BCUT2D eigenvalue weighted by atomic mass is 10.1. The Balaban J connectivity index is 2.56. The Morgan fingerprint density at radius 3 is 3.00 bits per heavy atom. The fourth-order valence-corrected chi connectivity index (χ4v) is 1.51. The molecule has 1 unspecified atom stereocenters. The molecule has 0 saturated heterocycles. The summed E-state index contributed by atoms with van der Waals surface area (Å²) in [6.07, 6.45) is 0.0819. The molecule has 1 aromatic rings. The zero-order valence-corrected chi connectivity index (χ0v) is 7.56. The maximum atomic E-state index is 5.84. The molecule has 1 aliphatic rings. The van der Waals surface area contributed by atoms with E-state index in [0.29, 0.717) is 0 Å². The number of rotatable bonds is 0. The van der Waals surface area contributed by atoms with Crippen LogP contribution in [-0.2, 0) is 0 Å². The fraction of sp³-hybridized carbons (Fsp3) is 0.200. The van der Waals surface area contributed by atoms with E-state index in [0.717, 1.165) is 21.9 Å². The highest BCUT2D eigenvalue weighted by molar-refractivity contribution is 6.30. The van der Waals surface area contributed by atoms with E-state index in [9.17, 15) is 0 Å². The van der Waals surface area contributed by atoms with Gasteiger partial charge in [-0.1, -0.05) is 18.2 Å². The van der Waals surface area contributed by atoms with Crippen LogP contribution >= 0.6 is 11.6 Å². The lowest BCUT2D eigenvalue weighted by molar-refractivity contribution is 0.297. The number of halogens is 1. The van der Waals surface area contributed by atoms with Gasteiger partial charge in [-0.25, -0.2) is 0 Å². The zero-order chi connectivity index (χ0) is 8.72. The van der Waals surface area contributed by atoms with Crippen LogP contribution in [0.25, 0.3) is 5.57 Å². The summed E-state index contributed by atoms with van der Waals surface area (Å²) < 4.78 is 5.52. The normalized spacial score (nSPS) is 20.5. The summed E-state index contributed by atoms with van der Waals surface area (Å²) in [5.74, 6) is 0.886. The molecule has 1 aromatic carbocycles. The monoisotopic (exact) mass is 180 g/mol. The van der Waals surface area contributed by atoms with Crippen molar-refractivity contribution in [3.63, 3.8) is 0 Å². The Hall–Kier alpha value is -0.950. The van der Waals surface area contributed by atoms with E-state index in [4.69, 9.17) is 16.3 Å². The fourth-order valence-electron chi connectivity index (χ4n) is 1.34. The van der Waals surface area contributed by atoms with Crippen LogP contribution in [0.3, 0.4) is 0 Å². The van der Waals surface area contributed by atoms with Gasteiger partial charge < -0.3 is 4.74 Å². The first-order chi connectivity index (χ1) is 5.68. The molecule has 0 aromatic heterocycles. The van der Waals surface area contributed by atoms with Gasteiger partial charge >= 0.3 is 0 Å². The molecule has 1 atom stereocenters. The summed E-state index contributed by atoms with van der Waals surface area (Å²) in [5.41, 5.74) is 2.04. The van der Waals surface area contributed by atoms with E-state index >= 15 is 0 Å². The molecule has 0 radical (unpaired) electrons. The van der Waals surface area contributed by atoms with Crippen molar-refractivity contribution >= 4 is 17.2 Å². The topological polar surface area (TPSA) is 9.23 Å². The lowest BCUT2D eigenvalue weighted by Crippen LogP contribution is -2.03. The quantitative estimate of drug-likeness (QED) is 0.596.